The van der Waals surface area contributed by atoms with Crippen molar-refractivity contribution < 1.29 is 19.1 Å². The average Bonchev–Trinajstić information content (AvgIpc) is 2.88. The van der Waals surface area contributed by atoms with E-state index in [1.54, 1.807) is 80.0 Å². The van der Waals surface area contributed by atoms with Crippen molar-refractivity contribution in [1.82, 2.24) is 10.3 Å². The highest BCUT2D eigenvalue weighted by atomic mass is 32.2. The Morgan fingerprint density at radius 2 is 1.77 bits per heavy atom. The van der Waals surface area contributed by atoms with Crippen molar-refractivity contribution >= 4 is 41.3 Å². The molecule has 3 aromatic rings. The maximum atomic E-state index is 13.0. The Hall–Kier alpha value is -4.17. The van der Waals surface area contributed by atoms with E-state index in [-0.39, 0.29) is 11.7 Å². The molecular weight excluding hydrogens is 462 g/mol. The van der Waals surface area contributed by atoms with E-state index in [0.717, 1.165) is 4.90 Å². The van der Waals surface area contributed by atoms with Gasteiger partial charge in [0.05, 0.1) is 6.61 Å². The highest BCUT2D eigenvalue weighted by molar-refractivity contribution is 7.99. The Balaban J connectivity index is 1.66. The molecule has 35 heavy (non-hydrogen) atoms. The van der Waals surface area contributed by atoms with Crippen LogP contribution in [0.3, 0.4) is 0 Å². The molecular formula is C27H25N3O4S. The molecule has 2 N–H and O–H groups in total. The fourth-order valence-electron chi connectivity index (χ4n) is 2.88. The van der Waals surface area contributed by atoms with Gasteiger partial charge in [-0.15, -0.1) is 11.8 Å². The van der Waals surface area contributed by atoms with Crippen molar-refractivity contribution in [2.75, 3.05) is 17.7 Å². The lowest BCUT2D eigenvalue weighted by Gasteiger charge is -2.12. The molecule has 7 nitrogen and oxygen atoms in total. The van der Waals surface area contributed by atoms with Crippen LogP contribution in [0, 0.1) is 0 Å². The lowest BCUT2D eigenvalue weighted by atomic mass is 10.2. The summed E-state index contributed by atoms with van der Waals surface area (Å²) in [6.07, 6.45) is 7.95. The first-order valence-corrected chi connectivity index (χ1v) is 11.9. The van der Waals surface area contributed by atoms with E-state index in [9.17, 15) is 14.4 Å². The van der Waals surface area contributed by atoms with Gasteiger partial charge >= 0.3 is 5.97 Å². The number of aromatic nitrogens is 1. The van der Waals surface area contributed by atoms with Crippen molar-refractivity contribution in [1.29, 1.82) is 0 Å². The number of nitrogens with one attached hydrogen (secondary N) is 2. The number of amides is 2. The third-order valence-corrected chi connectivity index (χ3v) is 5.49. The van der Waals surface area contributed by atoms with Gasteiger partial charge in [0.2, 0.25) is 0 Å². The largest absolute Gasteiger partial charge is 0.463 e. The maximum absolute atomic E-state index is 13.0. The molecule has 0 aliphatic heterocycles. The van der Waals surface area contributed by atoms with E-state index in [0.29, 0.717) is 29.2 Å². The minimum atomic E-state index is -0.462. The number of carbonyl (C=O) groups is 3. The molecule has 0 aliphatic rings. The zero-order chi connectivity index (χ0) is 24.9. The Labute approximate surface area is 208 Å². The molecule has 3 rings (SSSR count). The van der Waals surface area contributed by atoms with Crippen LogP contribution in [-0.2, 0) is 14.3 Å². The number of hydrogen-bond donors (Lipinski definition) is 2. The van der Waals surface area contributed by atoms with Crippen LogP contribution >= 0.6 is 11.8 Å². The van der Waals surface area contributed by atoms with Crippen molar-refractivity contribution in [3.8, 4) is 0 Å². The van der Waals surface area contributed by atoms with Gasteiger partial charge in [-0.2, -0.15) is 0 Å². The van der Waals surface area contributed by atoms with E-state index in [2.05, 4.69) is 15.6 Å². The minimum absolute atomic E-state index is 0.0920. The number of nitrogens with zero attached hydrogens (tertiary/aromatic N) is 1. The molecule has 178 valence electrons. The van der Waals surface area contributed by atoms with E-state index in [1.807, 2.05) is 18.2 Å². The fraction of sp³-hybridized carbons (Fsp3) is 0.111. The van der Waals surface area contributed by atoms with Crippen molar-refractivity contribution in [3.05, 3.63) is 108 Å². The van der Waals surface area contributed by atoms with Crippen LogP contribution in [0.4, 0.5) is 5.69 Å². The molecule has 0 fully saturated rings. The fourth-order valence-corrected chi connectivity index (χ4v) is 3.60. The predicted molar refractivity (Wildman–Crippen MR) is 138 cm³/mol. The summed E-state index contributed by atoms with van der Waals surface area (Å²) in [6, 6.07) is 19.5. The molecule has 0 unspecified atom stereocenters. The van der Waals surface area contributed by atoms with Gasteiger partial charge < -0.3 is 15.4 Å². The molecule has 1 aromatic heterocycles. The van der Waals surface area contributed by atoms with Gasteiger partial charge in [-0.25, -0.2) is 4.79 Å². The lowest BCUT2D eigenvalue weighted by molar-refractivity contribution is -0.137. The molecule has 2 aromatic carbocycles. The topological polar surface area (TPSA) is 97.4 Å². The summed E-state index contributed by atoms with van der Waals surface area (Å²) in [6.45, 7) is 2.11. The summed E-state index contributed by atoms with van der Waals surface area (Å²) in [5.74, 6) is -0.608. The minimum Gasteiger partial charge on any atom is -0.463 e. The SMILES string of the molecule is CCOC(=O)/C=C/CSc1ccc(NC(=O)/C(=C/c2cccnc2)NC(=O)c2ccccc2)cc1. The molecule has 0 saturated carbocycles. The van der Waals surface area contributed by atoms with Crippen molar-refractivity contribution in [2.24, 2.45) is 0 Å². The van der Waals surface area contributed by atoms with Gasteiger partial charge in [-0.3, -0.25) is 14.6 Å². The van der Waals surface area contributed by atoms with Crippen LogP contribution in [-0.4, -0.2) is 35.1 Å². The molecule has 0 radical (unpaired) electrons. The Morgan fingerprint density at radius 3 is 2.46 bits per heavy atom. The first-order valence-electron chi connectivity index (χ1n) is 10.9. The Morgan fingerprint density at radius 1 is 1.00 bits per heavy atom. The standard InChI is InChI=1S/C27H25N3O4S/c1-2-34-25(31)11-7-17-35-23-14-12-22(13-15-23)29-27(33)24(18-20-8-6-16-28-19-20)30-26(32)21-9-4-3-5-10-21/h3-16,18-19H,2,17H2,1H3,(H,29,33)(H,30,32)/b11-7+,24-18-. The quantitative estimate of drug-likeness (QED) is 0.244. The monoisotopic (exact) mass is 487 g/mol. The second kappa shape index (κ2) is 13.5. The summed E-state index contributed by atoms with van der Waals surface area (Å²) < 4.78 is 4.84. The van der Waals surface area contributed by atoms with Gasteiger partial charge in [0.15, 0.2) is 0 Å². The number of esters is 1. The molecule has 0 bridgehead atoms. The molecule has 8 heteroatoms. The van der Waals surface area contributed by atoms with Gasteiger partial charge in [0, 0.05) is 40.4 Å². The molecule has 1 heterocycles. The highest BCUT2D eigenvalue weighted by Gasteiger charge is 2.15. The highest BCUT2D eigenvalue weighted by Crippen LogP contribution is 2.21. The first kappa shape index (κ1) is 25.5. The van der Waals surface area contributed by atoms with Crippen LogP contribution in [0.2, 0.25) is 0 Å². The van der Waals surface area contributed by atoms with Crippen molar-refractivity contribution in [3.63, 3.8) is 0 Å². The number of rotatable bonds is 10. The molecule has 0 spiro atoms. The van der Waals surface area contributed by atoms with Gasteiger partial charge in [0.1, 0.15) is 5.70 Å². The van der Waals surface area contributed by atoms with E-state index >= 15 is 0 Å². The summed E-state index contributed by atoms with van der Waals surface area (Å²) in [7, 11) is 0. The summed E-state index contributed by atoms with van der Waals surface area (Å²) in [5.41, 5.74) is 1.78. The number of carbonyl (C=O) groups excluding carboxylic acids is 3. The average molecular weight is 488 g/mol. The van der Waals surface area contributed by atoms with E-state index < -0.39 is 11.8 Å². The second-order valence-corrected chi connectivity index (χ2v) is 8.20. The van der Waals surface area contributed by atoms with Crippen LogP contribution in [0.1, 0.15) is 22.8 Å². The molecule has 2 amide bonds. The third-order valence-electron chi connectivity index (χ3n) is 4.52. The number of thioether (sulfide) groups is 1. The van der Waals surface area contributed by atoms with Crippen LogP contribution in [0.15, 0.2) is 102 Å². The molecule has 0 aliphatic carbocycles. The smallest absolute Gasteiger partial charge is 0.330 e. The molecule has 0 saturated heterocycles. The van der Waals surface area contributed by atoms with Crippen LogP contribution in [0.5, 0.6) is 0 Å². The number of ether oxygens (including phenoxy) is 1. The number of benzene rings is 2. The molecule has 0 atom stereocenters. The van der Waals surface area contributed by atoms with Gasteiger partial charge in [-0.05, 0) is 61.0 Å². The van der Waals surface area contributed by atoms with Gasteiger partial charge in [0.25, 0.3) is 11.8 Å². The van der Waals surface area contributed by atoms with E-state index in [1.165, 1.54) is 17.8 Å². The van der Waals surface area contributed by atoms with Crippen molar-refractivity contribution in [2.45, 2.75) is 11.8 Å². The number of pyridine rings is 1. The summed E-state index contributed by atoms with van der Waals surface area (Å²) in [5, 5.41) is 5.51. The number of hydrogen-bond acceptors (Lipinski definition) is 6. The van der Waals surface area contributed by atoms with Gasteiger partial charge in [-0.1, -0.05) is 30.3 Å². The van der Waals surface area contributed by atoms with E-state index in [4.69, 9.17) is 4.74 Å². The second-order valence-electron chi connectivity index (χ2n) is 7.11. The Kier molecular flexibility index (Phi) is 9.83. The van der Waals surface area contributed by atoms with Crippen LogP contribution in [0.25, 0.3) is 6.08 Å². The number of anilines is 1. The zero-order valence-corrected chi connectivity index (χ0v) is 20.0. The summed E-state index contributed by atoms with van der Waals surface area (Å²) >= 11 is 1.54. The maximum Gasteiger partial charge on any atom is 0.330 e. The third kappa shape index (κ3) is 8.60. The Bertz CT molecular complexity index is 1190. The predicted octanol–water partition coefficient (Wildman–Crippen LogP) is 4.70. The normalized spacial score (nSPS) is 11.2. The first-order chi connectivity index (χ1) is 17.0. The zero-order valence-electron chi connectivity index (χ0n) is 19.1. The summed E-state index contributed by atoms with van der Waals surface area (Å²) in [4.78, 5) is 42.0. The van der Waals surface area contributed by atoms with Crippen LogP contribution < -0.4 is 10.6 Å². The lowest BCUT2D eigenvalue weighted by Crippen LogP contribution is -2.30.